The summed E-state index contributed by atoms with van der Waals surface area (Å²) < 4.78 is 34.6. The van der Waals surface area contributed by atoms with Crippen LogP contribution in [-0.2, 0) is 16.4 Å². The molecule has 0 aliphatic heterocycles. The van der Waals surface area contributed by atoms with Gasteiger partial charge < -0.3 is 10.1 Å². The van der Waals surface area contributed by atoms with E-state index in [1.54, 1.807) is 6.07 Å². The summed E-state index contributed by atoms with van der Waals surface area (Å²) in [5.74, 6) is -0.199. The molecule has 3 aromatic carbocycles. The van der Waals surface area contributed by atoms with E-state index in [-0.39, 0.29) is 34.7 Å². The largest absolute Gasteiger partial charge is 0.495 e. The van der Waals surface area contributed by atoms with E-state index in [9.17, 15) is 13.2 Å². The summed E-state index contributed by atoms with van der Waals surface area (Å²) in [6, 6.07) is 21.3. The van der Waals surface area contributed by atoms with Crippen LogP contribution in [0.5, 0.6) is 5.75 Å². The molecule has 3 rings (SSSR count). The molecule has 0 bridgehead atoms. The van der Waals surface area contributed by atoms with Gasteiger partial charge in [-0.2, -0.15) is 0 Å². The maximum Gasteiger partial charge on any atom is 0.251 e. The molecule has 0 saturated carbocycles. The average molecular weight is 517 g/mol. The van der Waals surface area contributed by atoms with Crippen molar-refractivity contribution in [1.82, 2.24) is 10.0 Å². The van der Waals surface area contributed by atoms with Crippen molar-refractivity contribution in [3.63, 3.8) is 0 Å². The number of nitrogens with one attached hydrogen (secondary N) is 2. The Hall–Kier alpha value is -2.68. The van der Waals surface area contributed by atoms with Crippen LogP contribution in [0, 0.1) is 0 Å². The van der Waals surface area contributed by atoms with E-state index in [0.717, 1.165) is 15.6 Å². The highest BCUT2D eigenvalue weighted by atomic mass is 79.9. The van der Waals surface area contributed by atoms with Gasteiger partial charge in [0.2, 0.25) is 10.0 Å². The fourth-order valence-corrected chi connectivity index (χ4v) is 4.86. The molecule has 1 amide bonds. The number of carbonyl (C=O) groups excluding carboxylic acids is 1. The molecule has 0 radical (unpaired) electrons. The number of halogens is 1. The minimum absolute atomic E-state index is 0.0733. The molecule has 3 aromatic rings. The highest BCUT2D eigenvalue weighted by molar-refractivity contribution is 9.10. The zero-order chi connectivity index (χ0) is 23.1. The Balaban J connectivity index is 1.75. The number of hydrogen-bond donors (Lipinski definition) is 2. The first-order valence-corrected chi connectivity index (χ1v) is 12.4. The Morgan fingerprint density at radius 3 is 2.47 bits per heavy atom. The van der Waals surface area contributed by atoms with Crippen molar-refractivity contribution >= 4 is 31.9 Å². The summed E-state index contributed by atoms with van der Waals surface area (Å²) in [6.07, 6.45) is 0.548. The average Bonchev–Trinajstić information content (AvgIpc) is 2.79. The van der Waals surface area contributed by atoms with Crippen LogP contribution in [0.3, 0.4) is 0 Å². The Kier molecular flexibility index (Phi) is 8.06. The van der Waals surface area contributed by atoms with Gasteiger partial charge in [-0.3, -0.25) is 4.79 Å². The third-order valence-corrected chi connectivity index (χ3v) is 6.94. The van der Waals surface area contributed by atoms with E-state index in [0.29, 0.717) is 6.42 Å². The summed E-state index contributed by atoms with van der Waals surface area (Å²) in [6.45, 7) is 2.10. The van der Waals surface area contributed by atoms with Gasteiger partial charge in [0.25, 0.3) is 5.91 Å². The summed E-state index contributed by atoms with van der Waals surface area (Å²) in [4.78, 5) is 12.7. The molecule has 32 heavy (non-hydrogen) atoms. The number of hydrogen-bond acceptors (Lipinski definition) is 4. The van der Waals surface area contributed by atoms with E-state index < -0.39 is 10.0 Å². The molecule has 0 heterocycles. The molecule has 0 saturated heterocycles. The molecule has 8 heteroatoms. The lowest BCUT2D eigenvalue weighted by Gasteiger charge is -2.16. The Morgan fingerprint density at radius 1 is 1.03 bits per heavy atom. The van der Waals surface area contributed by atoms with Gasteiger partial charge in [-0.15, -0.1) is 0 Å². The van der Waals surface area contributed by atoms with Gasteiger partial charge >= 0.3 is 0 Å². The van der Waals surface area contributed by atoms with E-state index in [4.69, 9.17) is 4.74 Å². The number of benzene rings is 3. The summed E-state index contributed by atoms with van der Waals surface area (Å²) in [5.41, 5.74) is 2.18. The van der Waals surface area contributed by atoms with Crippen LogP contribution >= 0.6 is 15.9 Å². The first-order valence-electron chi connectivity index (χ1n) is 10.1. The summed E-state index contributed by atoms with van der Waals surface area (Å²) >= 11 is 3.42. The SMILES string of the molecule is COc1ccc(C(=O)N[C@@H](C)c2cccc(Br)c2)cc1S(=O)(=O)NCCc1ccccc1. The van der Waals surface area contributed by atoms with Gasteiger partial charge in [-0.1, -0.05) is 58.4 Å². The van der Waals surface area contributed by atoms with Gasteiger partial charge in [0.15, 0.2) is 0 Å². The Bertz CT molecular complexity index is 1180. The normalized spacial score (nSPS) is 12.2. The monoisotopic (exact) mass is 516 g/mol. The predicted molar refractivity (Wildman–Crippen MR) is 128 cm³/mol. The van der Waals surface area contributed by atoms with Crippen molar-refractivity contribution < 1.29 is 17.9 Å². The van der Waals surface area contributed by atoms with Crippen LogP contribution in [0.25, 0.3) is 0 Å². The first-order chi connectivity index (χ1) is 15.3. The fraction of sp³-hybridized carbons (Fsp3) is 0.208. The zero-order valence-corrected chi connectivity index (χ0v) is 20.2. The zero-order valence-electron chi connectivity index (χ0n) is 17.8. The summed E-state index contributed by atoms with van der Waals surface area (Å²) in [5, 5.41) is 2.90. The van der Waals surface area contributed by atoms with Gasteiger partial charge in [0.05, 0.1) is 13.2 Å². The molecular formula is C24H25BrN2O4S. The van der Waals surface area contributed by atoms with Crippen molar-refractivity contribution in [2.75, 3.05) is 13.7 Å². The van der Waals surface area contributed by atoms with E-state index in [2.05, 4.69) is 26.0 Å². The van der Waals surface area contributed by atoms with Gasteiger partial charge in [-0.25, -0.2) is 13.1 Å². The number of methoxy groups -OCH3 is 1. The molecular weight excluding hydrogens is 492 g/mol. The Labute approximate surface area is 197 Å². The topological polar surface area (TPSA) is 84.5 Å². The van der Waals surface area contributed by atoms with Crippen LogP contribution in [0.15, 0.2) is 82.2 Å². The van der Waals surface area contributed by atoms with Crippen molar-refractivity contribution in [2.45, 2.75) is 24.3 Å². The van der Waals surface area contributed by atoms with Crippen molar-refractivity contribution in [2.24, 2.45) is 0 Å². The van der Waals surface area contributed by atoms with E-state index >= 15 is 0 Å². The number of sulfonamides is 1. The quantitative estimate of drug-likeness (QED) is 0.439. The number of rotatable bonds is 9. The summed E-state index contributed by atoms with van der Waals surface area (Å²) in [7, 11) is -2.48. The lowest BCUT2D eigenvalue weighted by Crippen LogP contribution is -2.28. The molecule has 0 aliphatic carbocycles. The molecule has 0 fully saturated rings. The number of amides is 1. The lowest BCUT2D eigenvalue weighted by molar-refractivity contribution is 0.0939. The lowest BCUT2D eigenvalue weighted by atomic mass is 10.1. The van der Waals surface area contributed by atoms with Crippen LogP contribution in [0.2, 0.25) is 0 Å². The second kappa shape index (κ2) is 10.8. The maximum atomic E-state index is 12.9. The molecule has 0 aliphatic rings. The van der Waals surface area contributed by atoms with Crippen LogP contribution in [0.1, 0.15) is 34.5 Å². The molecule has 1 atom stereocenters. The van der Waals surface area contributed by atoms with Crippen LogP contribution in [-0.4, -0.2) is 28.0 Å². The first kappa shape index (κ1) is 24.0. The maximum absolute atomic E-state index is 12.9. The molecule has 0 aromatic heterocycles. The van der Waals surface area contributed by atoms with Gasteiger partial charge in [0.1, 0.15) is 10.6 Å². The van der Waals surface area contributed by atoms with Crippen molar-refractivity contribution in [3.05, 3.63) is 94.0 Å². The molecule has 6 nitrogen and oxygen atoms in total. The molecule has 0 unspecified atom stereocenters. The number of ether oxygens (including phenoxy) is 1. The third kappa shape index (κ3) is 6.18. The van der Waals surface area contributed by atoms with Crippen molar-refractivity contribution in [1.29, 1.82) is 0 Å². The second-order valence-corrected chi connectivity index (χ2v) is 9.90. The minimum atomic E-state index is -3.88. The van der Waals surface area contributed by atoms with Crippen molar-refractivity contribution in [3.8, 4) is 5.75 Å². The minimum Gasteiger partial charge on any atom is -0.495 e. The molecule has 0 spiro atoms. The highest BCUT2D eigenvalue weighted by Gasteiger charge is 2.22. The molecule has 168 valence electrons. The second-order valence-electron chi connectivity index (χ2n) is 7.25. The standard InChI is InChI=1S/C24H25BrN2O4S/c1-17(19-9-6-10-21(25)15-19)27-24(28)20-11-12-22(31-2)23(16-20)32(29,30)26-14-13-18-7-4-3-5-8-18/h3-12,15-17,26H,13-14H2,1-2H3,(H,27,28)/t17-/m0/s1. The highest BCUT2D eigenvalue weighted by Crippen LogP contribution is 2.25. The van der Waals surface area contributed by atoms with Gasteiger partial charge in [0, 0.05) is 16.6 Å². The van der Waals surface area contributed by atoms with E-state index in [1.165, 1.54) is 19.2 Å². The van der Waals surface area contributed by atoms with Gasteiger partial charge in [-0.05, 0) is 54.8 Å². The van der Waals surface area contributed by atoms with E-state index in [1.807, 2.05) is 61.5 Å². The third-order valence-electron chi connectivity index (χ3n) is 4.96. The fourth-order valence-electron chi connectivity index (χ4n) is 3.22. The number of carbonyl (C=O) groups is 1. The molecule has 2 N–H and O–H groups in total. The predicted octanol–water partition coefficient (Wildman–Crippen LogP) is 4.47. The smallest absolute Gasteiger partial charge is 0.251 e. The Morgan fingerprint density at radius 2 is 1.78 bits per heavy atom. The van der Waals surface area contributed by atoms with Crippen LogP contribution < -0.4 is 14.8 Å². The van der Waals surface area contributed by atoms with Crippen LogP contribution in [0.4, 0.5) is 0 Å².